The van der Waals surface area contributed by atoms with Crippen LogP contribution in [-0.2, 0) is 8.85 Å². The maximum absolute atomic E-state index is 6.43. The molecule has 0 aliphatic carbocycles. The zero-order valence-corrected chi connectivity index (χ0v) is 25.1. The lowest BCUT2D eigenvalue weighted by Crippen LogP contribution is -2.41. The lowest BCUT2D eigenvalue weighted by molar-refractivity contribution is 0.115. The molecule has 0 aromatic heterocycles. The van der Waals surface area contributed by atoms with Crippen LogP contribution in [0.15, 0.2) is 12.2 Å². The highest BCUT2D eigenvalue weighted by Gasteiger charge is 2.30. The molecule has 0 aliphatic rings. The summed E-state index contributed by atoms with van der Waals surface area (Å²) in [6.45, 7) is 17.7. The van der Waals surface area contributed by atoms with Crippen LogP contribution in [0.5, 0.6) is 0 Å². The van der Waals surface area contributed by atoms with Crippen molar-refractivity contribution in [1.82, 2.24) is 0 Å². The summed E-state index contributed by atoms with van der Waals surface area (Å²) >= 11 is 0. The van der Waals surface area contributed by atoms with Crippen molar-refractivity contribution in [2.45, 2.75) is 162 Å². The van der Waals surface area contributed by atoms with Gasteiger partial charge in [0.25, 0.3) is 0 Å². The third-order valence-electron chi connectivity index (χ3n) is 6.55. The molecule has 2 unspecified atom stereocenters. The Morgan fingerprint density at radius 1 is 0.735 bits per heavy atom. The average Bonchev–Trinajstić information content (AvgIpc) is 2.78. The van der Waals surface area contributed by atoms with Crippen LogP contribution in [0.2, 0.25) is 13.1 Å². The maximum Gasteiger partial charge on any atom is 0.332 e. The molecule has 0 aliphatic heterocycles. The Hall–Kier alpha value is -0.563. The first-order valence-electron chi connectivity index (χ1n) is 14.8. The highest BCUT2D eigenvalue weighted by atomic mass is 28.4. The summed E-state index contributed by atoms with van der Waals surface area (Å²) in [7, 11) is -2.17. The van der Waals surface area contributed by atoms with Gasteiger partial charge in [-0.25, -0.2) is 0 Å². The van der Waals surface area contributed by atoms with Crippen molar-refractivity contribution in [1.29, 1.82) is 0 Å². The number of unbranched alkanes of at least 4 members (excludes halogenated alkanes) is 15. The van der Waals surface area contributed by atoms with E-state index in [1.54, 1.807) is 0 Å². The molecule has 0 saturated heterocycles. The molecule has 2 atom stereocenters. The molecule has 200 valence electrons. The summed E-state index contributed by atoms with van der Waals surface area (Å²) in [5.74, 6) is 6.85. The van der Waals surface area contributed by atoms with E-state index >= 15 is 0 Å². The summed E-state index contributed by atoms with van der Waals surface area (Å²) in [5, 5.41) is 0. The molecule has 0 bridgehead atoms. The first-order valence-corrected chi connectivity index (χ1v) is 17.6. The number of allylic oxidation sites excluding steroid dienone is 1. The lowest BCUT2D eigenvalue weighted by atomic mass is 10.00. The summed E-state index contributed by atoms with van der Waals surface area (Å²) < 4.78 is 12.7. The van der Waals surface area contributed by atoms with Gasteiger partial charge < -0.3 is 8.85 Å². The van der Waals surface area contributed by atoms with Crippen molar-refractivity contribution in [3.63, 3.8) is 0 Å². The standard InChI is InChI=1S/C31H60O2Si/c1-8-10-11-12-13-14-15-16-17-18-19-20-21-22-23-24-28-32-34(6,7)33-31(27-26-29(3)4)30(5)25-9-2/h30-31H,3,8-25,28H2,1-2,4-7H3. The van der Waals surface area contributed by atoms with Gasteiger partial charge >= 0.3 is 8.56 Å². The molecule has 0 rings (SSSR count). The third-order valence-corrected chi connectivity index (χ3v) is 8.27. The van der Waals surface area contributed by atoms with Gasteiger partial charge in [-0.3, -0.25) is 0 Å². The molecule has 0 aromatic carbocycles. The van der Waals surface area contributed by atoms with Gasteiger partial charge in [0.05, 0.1) is 0 Å². The predicted octanol–water partition coefficient (Wildman–Crippen LogP) is 10.4. The van der Waals surface area contributed by atoms with Gasteiger partial charge in [0.15, 0.2) is 0 Å². The maximum atomic E-state index is 6.43. The Labute approximate surface area is 216 Å². The molecule has 0 heterocycles. The number of rotatable bonds is 23. The van der Waals surface area contributed by atoms with E-state index in [1.807, 2.05) is 6.92 Å². The molecule has 0 amide bonds. The fraction of sp³-hybridized carbons (Fsp3) is 0.871. The van der Waals surface area contributed by atoms with Gasteiger partial charge in [-0.2, -0.15) is 0 Å². The molecule has 0 saturated carbocycles. The molecule has 2 nitrogen and oxygen atoms in total. The fourth-order valence-electron chi connectivity index (χ4n) is 4.40. The quantitative estimate of drug-likeness (QED) is 0.0802. The van der Waals surface area contributed by atoms with Crippen molar-refractivity contribution in [3.8, 4) is 11.8 Å². The molecule has 0 aromatic rings. The Morgan fingerprint density at radius 3 is 1.59 bits per heavy atom. The summed E-state index contributed by atoms with van der Waals surface area (Å²) in [5.41, 5.74) is 0.894. The first kappa shape index (κ1) is 33.4. The minimum absolute atomic E-state index is 0.0517. The van der Waals surface area contributed by atoms with Crippen LogP contribution in [0.3, 0.4) is 0 Å². The van der Waals surface area contributed by atoms with Gasteiger partial charge in [-0.05, 0) is 44.4 Å². The van der Waals surface area contributed by atoms with E-state index in [2.05, 4.69) is 52.3 Å². The minimum atomic E-state index is -2.17. The van der Waals surface area contributed by atoms with Crippen molar-refractivity contribution < 1.29 is 8.85 Å². The van der Waals surface area contributed by atoms with Gasteiger partial charge in [0.1, 0.15) is 6.10 Å². The van der Waals surface area contributed by atoms with Crippen molar-refractivity contribution in [2.75, 3.05) is 6.61 Å². The molecule has 0 fully saturated rings. The minimum Gasteiger partial charge on any atom is -0.394 e. The predicted molar refractivity (Wildman–Crippen MR) is 155 cm³/mol. The largest absolute Gasteiger partial charge is 0.394 e. The molecule has 3 heteroatoms. The summed E-state index contributed by atoms with van der Waals surface area (Å²) in [6, 6.07) is 0. The van der Waals surface area contributed by atoms with E-state index in [0.717, 1.165) is 31.4 Å². The molecule has 34 heavy (non-hydrogen) atoms. The lowest BCUT2D eigenvalue weighted by Gasteiger charge is -2.29. The van der Waals surface area contributed by atoms with Crippen LogP contribution in [0.25, 0.3) is 0 Å². The Bertz CT molecular complexity index is 531. The average molecular weight is 493 g/mol. The molecular weight excluding hydrogens is 432 g/mol. The summed E-state index contributed by atoms with van der Waals surface area (Å²) in [6.07, 6.45) is 24.5. The Balaban J connectivity index is 3.75. The zero-order chi connectivity index (χ0) is 25.5. The monoisotopic (exact) mass is 492 g/mol. The first-order chi connectivity index (χ1) is 16.3. The highest BCUT2D eigenvalue weighted by molar-refractivity contribution is 6.64. The third kappa shape index (κ3) is 21.9. The summed E-state index contributed by atoms with van der Waals surface area (Å²) in [4.78, 5) is 0. The van der Waals surface area contributed by atoms with Crippen LogP contribution in [0, 0.1) is 17.8 Å². The van der Waals surface area contributed by atoms with E-state index in [0.29, 0.717) is 5.92 Å². The molecule has 0 radical (unpaired) electrons. The normalized spacial score (nSPS) is 13.4. The van der Waals surface area contributed by atoms with Gasteiger partial charge in [-0.1, -0.05) is 142 Å². The zero-order valence-electron chi connectivity index (χ0n) is 24.1. The van der Waals surface area contributed by atoms with Crippen LogP contribution < -0.4 is 0 Å². The second-order valence-corrected chi connectivity index (χ2v) is 14.2. The highest BCUT2D eigenvalue weighted by Crippen LogP contribution is 2.20. The van der Waals surface area contributed by atoms with Crippen molar-refractivity contribution >= 4 is 8.56 Å². The molecule has 0 N–H and O–H groups in total. The van der Waals surface area contributed by atoms with Crippen LogP contribution in [0.1, 0.15) is 143 Å². The van der Waals surface area contributed by atoms with E-state index in [4.69, 9.17) is 8.85 Å². The van der Waals surface area contributed by atoms with E-state index < -0.39 is 8.56 Å². The van der Waals surface area contributed by atoms with Crippen LogP contribution in [-0.4, -0.2) is 21.3 Å². The van der Waals surface area contributed by atoms with E-state index in [-0.39, 0.29) is 6.10 Å². The van der Waals surface area contributed by atoms with Crippen molar-refractivity contribution in [3.05, 3.63) is 12.2 Å². The SMILES string of the molecule is C=C(C)C#CC(O[Si](C)(C)OCCCCCCCCCCCCCCCCCC)C(C)CCC. The van der Waals surface area contributed by atoms with E-state index in [9.17, 15) is 0 Å². The fourth-order valence-corrected chi connectivity index (χ4v) is 6.00. The van der Waals surface area contributed by atoms with Gasteiger partial charge in [0.2, 0.25) is 0 Å². The Morgan fingerprint density at radius 2 is 1.18 bits per heavy atom. The second-order valence-electron chi connectivity index (χ2n) is 10.9. The topological polar surface area (TPSA) is 18.5 Å². The molecule has 0 spiro atoms. The smallest absolute Gasteiger partial charge is 0.332 e. The van der Waals surface area contributed by atoms with E-state index in [1.165, 1.54) is 96.3 Å². The van der Waals surface area contributed by atoms with Crippen LogP contribution in [0.4, 0.5) is 0 Å². The van der Waals surface area contributed by atoms with Gasteiger partial charge in [-0.15, -0.1) is 0 Å². The molecular formula is C31H60O2Si. The van der Waals surface area contributed by atoms with Crippen LogP contribution >= 0.6 is 0 Å². The second kappa shape index (κ2) is 22.9. The number of hydrogen-bond acceptors (Lipinski definition) is 2. The van der Waals surface area contributed by atoms with Gasteiger partial charge in [0, 0.05) is 6.61 Å². The Kier molecular flexibility index (Phi) is 22.5. The van der Waals surface area contributed by atoms with Crippen molar-refractivity contribution in [2.24, 2.45) is 5.92 Å². The number of hydrogen-bond donors (Lipinski definition) is 0.